The summed E-state index contributed by atoms with van der Waals surface area (Å²) in [6, 6.07) is 7.67. The van der Waals surface area contributed by atoms with Gasteiger partial charge in [-0.05, 0) is 54.1 Å². The van der Waals surface area contributed by atoms with Crippen LogP contribution in [-0.4, -0.2) is 25.7 Å². The molecule has 0 fully saturated rings. The number of benzene rings is 1. The molecule has 1 aromatic rings. The number of carbonyl (C=O) groups is 1. The summed E-state index contributed by atoms with van der Waals surface area (Å²) in [5, 5.41) is 2.94. The molecule has 1 amide bonds. The highest BCUT2D eigenvalue weighted by Gasteiger charge is 2.09. The summed E-state index contributed by atoms with van der Waals surface area (Å²) in [6.45, 7) is 2.64. The smallest absolute Gasteiger partial charge is 0.251 e. The zero-order valence-corrected chi connectivity index (χ0v) is 11.7. The first kappa shape index (κ1) is 13.4. The van der Waals surface area contributed by atoms with Crippen LogP contribution in [0, 0.1) is 3.57 Å². The van der Waals surface area contributed by atoms with Crippen molar-refractivity contribution in [1.82, 2.24) is 5.32 Å². The predicted molar refractivity (Wildman–Crippen MR) is 72.6 cm³/mol. The number of carbonyl (C=O) groups excluding carboxylic acids is 1. The molecule has 1 N–H and O–H groups in total. The normalized spacial score (nSPS) is 12.2. The molecule has 3 nitrogen and oxygen atoms in total. The van der Waals surface area contributed by atoms with Gasteiger partial charge in [-0.3, -0.25) is 4.79 Å². The van der Waals surface area contributed by atoms with Crippen molar-refractivity contribution >= 4 is 28.5 Å². The van der Waals surface area contributed by atoms with E-state index in [2.05, 4.69) is 27.9 Å². The number of hydrogen-bond donors (Lipinski definition) is 1. The molecule has 1 rings (SSSR count). The number of nitrogens with one attached hydrogen (secondary N) is 1. The highest BCUT2D eigenvalue weighted by Crippen LogP contribution is 2.08. The maximum absolute atomic E-state index is 11.8. The van der Waals surface area contributed by atoms with E-state index in [1.54, 1.807) is 7.11 Å². The number of methoxy groups -OCH3 is 1. The van der Waals surface area contributed by atoms with Crippen molar-refractivity contribution < 1.29 is 9.53 Å². The van der Waals surface area contributed by atoms with Gasteiger partial charge >= 0.3 is 0 Å². The van der Waals surface area contributed by atoms with Crippen molar-refractivity contribution in [2.75, 3.05) is 13.7 Å². The molecule has 4 heteroatoms. The average molecular weight is 333 g/mol. The number of amides is 1. The molecule has 0 radical (unpaired) electrons. The molecule has 0 aliphatic heterocycles. The van der Waals surface area contributed by atoms with Crippen molar-refractivity contribution in [2.24, 2.45) is 0 Å². The minimum absolute atomic E-state index is 0.0258. The lowest BCUT2D eigenvalue weighted by atomic mass is 10.2. The van der Waals surface area contributed by atoms with Gasteiger partial charge in [0.05, 0.1) is 0 Å². The molecule has 1 unspecified atom stereocenters. The fourth-order valence-electron chi connectivity index (χ4n) is 1.30. The summed E-state index contributed by atoms with van der Waals surface area (Å²) in [4.78, 5) is 11.8. The highest BCUT2D eigenvalue weighted by molar-refractivity contribution is 14.1. The van der Waals surface area contributed by atoms with Crippen molar-refractivity contribution in [3.05, 3.63) is 33.4 Å². The van der Waals surface area contributed by atoms with Crippen LogP contribution in [0.5, 0.6) is 0 Å². The summed E-state index contributed by atoms with van der Waals surface area (Å²) in [7, 11) is 1.66. The third-order valence-corrected chi connectivity index (χ3v) is 2.89. The van der Waals surface area contributed by atoms with E-state index >= 15 is 0 Å². The van der Waals surface area contributed by atoms with Crippen LogP contribution in [0.1, 0.15) is 23.7 Å². The van der Waals surface area contributed by atoms with Gasteiger partial charge in [-0.1, -0.05) is 6.07 Å². The van der Waals surface area contributed by atoms with Crippen molar-refractivity contribution in [2.45, 2.75) is 19.4 Å². The van der Waals surface area contributed by atoms with E-state index < -0.39 is 0 Å². The maximum Gasteiger partial charge on any atom is 0.251 e. The van der Waals surface area contributed by atoms with Crippen LogP contribution < -0.4 is 5.32 Å². The predicted octanol–water partition coefficient (Wildman–Crippen LogP) is 2.45. The Balaban J connectivity index is 2.52. The molecule has 0 saturated carbocycles. The Hall–Kier alpha value is -0.620. The van der Waals surface area contributed by atoms with Gasteiger partial charge in [0.2, 0.25) is 0 Å². The van der Waals surface area contributed by atoms with Crippen LogP contribution in [0.2, 0.25) is 0 Å². The second-order valence-corrected chi connectivity index (χ2v) is 4.91. The van der Waals surface area contributed by atoms with Gasteiger partial charge in [-0.2, -0.15) is 0 Å². The average Bonchev–Trinajstić information content (AvgIpc) is 2.26. The van der Waals surface area contributed by atoms with E-state index in [4.69, 9.17) is 4.74 Å². The third kappa shape index (κ3) is 4.49. The summed E-state index contributed by atoms with van der Waals surface area (Å²) in [6.07, 6.45) is 0.826. The second kappa shape index (κ2) is 6.85. The minimum atomic E-state index is -0.0258. The second-order valence-electron chi connectivity index (χ2n) is 3.67. The Kier molecular flexibility index (Phi) is 5.76. The number of rotatable bonds is 5. The van der Waals surface area contributed by atoms with Crippen LogP contribution in [0.25, 0.3) is 0 Å². The molecule has 0 bridgehead atoms. The third-order valence-electron chi connectivity index (χ3n) is 2.22. The fourth-order valence-corrected chi connectivity index (χ4v) is 1.85. The molecule has 0 heterocycles. The summed E-state index contributed by atoms with van der Waals surface area (Å²) in [5.41, 5.74) is 0.705. The van der Waals surface area contributed by atoms with Crippen LogP contribution in [-0.2, 0) is 4.74 Å². The molecular formula is C12H16INO2. The first-order valence-electron chi connectivity index (χ1n) is 5.19. The van der Waals surface area contributed by atoms with E-state index in [1.165, 1.54) is 0 Å². The maximum atomic E-state index is 11.8. The van der Waals surface area contributed by atoms with Crippen LogP contribution in [0.4, 0.5) is 0 Å². The SMILES string of the molecule is COCCC(C)NC(=O)c1cccc(I)c1. The van der Waals surface area contributed by atoms with Gasteiger partial charge in [0.25, 0.3) is 5.91 Å². The Labute approximate surface area is 110 Å². The van der Waals surface area contributed by atoms with Gasteiger partial charge in [0, 0.05) is 28.9 Å². The quantitative estimate of drug-likeness (QED) is 0.841. The molecule has 0 aromatic heterocycles. The Morgan fingerprint density at radius 2 is 2.31 bits per heavy atom. The van der Waals surface area contributed by atoms with Crippen molar-refractivity contribution in [1.29, 1.82) is 0 Å². The molecule has 1 aromatic carbocycles. The number of halogens is 1. The van der Waals surface area contributed by atoms with Gasteiger partial charge < -0.3 is 10.1 Å². The van der Waals surface area contributed by atoms with Crippen LogP contribution >= 0.6 is 22.6 Å². The first-order chi connectivity index (χ1) is 7.63. The highest BCUT2D eigenvalue weighted by atomic mass is 127. The van der Waals surface area contributed by atoms with Gasteiger partial charge in [0.1, 0.15) is 0 Å². The van der Waals surface area contributed by atoms with Crippen LogP contribution in [0.3, 0.4) is 0 Å². The lowest BCUT2D eigenvalue weighted by molar-refractivity contribution is 0.0929. The summed E-state index contributed by atoms with van der Waals surface area (Å²) >= 11 is 2.20. The minimum Gasteiger partial charge on any atom is -0.385 e. The van der Waals surface area contributed by atoms with E-state index in [0.29, 0.717) is 12.2 Å². The molecule has 0 saturated heterocycles. The van der Waals surface area contributed by atoms with Gasteiger partial charge in [-0.15, -0.1) is 0 Å². The topological polar surface area (TPSA) is 38.3 Å². The van der Waals surface area contributed by atoms with Crippen molar-refractivity contribution in [3.63, 3.8) is 0 Å². The van der Waals surface area contributed by atoms with Crippen LogP contribution in [0.15, 0.2) is 24.3 Å². The largest absolute Gasteiger partial charge is 0.385 e. The molecule has 0 aliphatic rings. The van der Waals surface area contributed by atoms with E-state index in [-0.39, 0.29) is 11.9 Å². The molecule has 0 spiro atoms. The Morgan fingerprint density at radius 1 is 1.56 bits per heavy atom. The number of hydrogen-bond acceptors (Lipinski definition) is 2. The lowest BCUT2D eigenvalue weighted by Gasteiger charge is -2.13. The first-order valence-corrected chi connectivity index (χ1v) is 6.26. The molecule has 88 valence electrons. The zero-order chi connectivity index (χ0) is 12.0. The fraction of sp³-hybridized carbons (Fsp3) is 0.417. The van der Waals surface area contributed by atoms with E-state index in [1.807, 2.05) is 31.2 Å². The zero-order valence-electron chi connectivity index (χ0n) is 9.50. The van der Waals surface area contributed by atoms with Crippen molar-refractivity contribution in [3.8, 4) is 0 Å². The summed E-state index contributed by atoms with van der Waals surface area (Å²) in [5.74, 6) is -0.0258. The Bertz CT molecular complexity index is 355. The monoisotopic (exact) mass is 333 g/mol. The molecular weight excluding hydrogens is 317 g/mol. The number of ether oxygens (including phenoxy) is 1. The Morgan fingerprint density at radius 3 is 2.94 bits per heavy atom. The standard InChI is InChI=1S/C12H16INO2/c1-9(6-7-16-2)14-12(15)10-4-3-5-11(13)8-10/h3-5,8-9H,6-7H2,1-2H3,(H,14,15). The molecule has 0 aliphatic carbocycles. The van der Waals surface area contributed by atoms with Gasteiger partial charge in [-0.25, -0.2) is 0 Å². The molecule has 1 atom stereocenters. The lowest BCUT2D eigenvalue weighted by Crippen LogP contribution is -2.33. The molecule has 16 heavy (non-hydrogen) atoms. The van der Waals surface area contributed by atoms with E-state index in [9.17, 15) is 4.79 Å². The van der Waals surface area contributed by atoms with E-state index in [0.717, 1.165) is 9.99 Å². The summed E-state index contributed by atoms with van der Waals surface area (Å²) < 4.78 is 6.03. The van der Waals surface area contributed by atoms with Gasteiger partial charge in [0.15, 0.2) is 0 Å².